The molecule has 0 aliphatic heterocycles. The molecule has 2 aliphatic carbocycles. The normalized spacial score (nSPS) is 17.9. The van der Waals surface area contributed by atoms with E-state index < -0.39 is 18.9 Å². The van der Waals surface area contributed by atoms with Gasteiger partial charge in [0, 0.05) is 0 Å². The SMILES string of the molecule is Cl.Cl.[CH3][Zr](=[SiH2])([C]1=CC=CC1)[C]1=CC=CC1. The van der Waals surface area contributed by atoms with E-state index >= 15 is 0 Å². The molecular weight excluding hydrogens is 322 g/mol. The zero-order valence-corrected chi connectivity index (χ0v) is 14.4. The molecule has 0 atom stereocenters. The molecule has 0 bridgehead atoms. The molecule has 83 valence electrons. The van der Waals surface area contributed by atoms with Crippen LogP contribution in [-0.4, -0.2) is 6.88 Å². The van der Waals surface area contributed by atoms with Crippen molar-refractivity contribution >= 4 is 31.7 Å². The molecule has 0 saturated carbocycles. The van der Waals surface area contributed by atoms with Crippen LogP contribution < -0.4 is 0 Å². The molecular formula is C11H17Cl2SiZr. The quantitative estimate of drug-likeness (QED) is 0.678. The molecule has 0 radical (unpaired) electrons. The fraction of sp³-hybridized carbons (Fsp3) is 0.273. The van der Waals surface area contributed by atoms with E-state index in [0.717, 1.165) is 0 Å². The maximum absolute atomic E-state index is 2.55. The number of halogens is 2. The molecule has 0 fully saturated rings. The number of hydrogen-bond acceptors (Lipinski definition) is 0. The average Bonchev–Trinajstić information content (AvgIpc) is 2.78. The van der Waals surface area contributed by atoms with Crippen LogP contribution in [0.2, 0.25) is 4.63 Å². The van der Waals surface area contributed by atoms with Gasteiger partial charge in [0.15, 0.2) is 0 Å². The Balaban J connectivity index is 0.000000980. The molecule has 0 amide bonds. The van der Waals surface area contributed by atoms with E-state index in [0.29, 0.717) is 0 Å². The van der Waals surface area contributed by atoms with Gasteiger partial charge in [-0.2, -0.15) is 0 Å². The molecule has 0 aromatic rings. The predicted octanol–water partition coefficient (Wildman–Crippen LogP) is 3.27. The van der Waals surface area contributed by atoms with E-state index in [4.69, 9.17) is 0 Å². The second-order valence-corrected chi connectivity index (χ2v) is 22.1. The molecule has 0 nitrogen and oxygen atoms in total. The molecule has 4 heteroatoms. The topological polar surface area (TPSA) is 0 Å². The van der Waals surface area contributed by atoms with Crippen LogP contribution in [0.15, 0.2) is 43.0 Å². The van der Waals surface area contributed by atoms with E-state index in [1.165, 1.54) is 12.8 Å². The van der Waals surface area contributed by atoms with Gasteiger partial charge in [-0.1, -0.05) is 0 Å². The van der Waals surface area contributed by atoms with Crippen molar-refractivity contribution in [3.05, 3.63) is 43.0 Å². The molecule has 0 saturated heterocycles. The first-order valence-corrected chi connectivity index (χ1v) is 15.6. The summed E-state index contributed by atoms with van der Waals surface area (Å²) >= 11 is -1.98. The van der Waals surface area contributed by atoms with Crippen molar-refractivity contribution in [1.82, 2.24) is 0 Å². The average molecular weight is 339 g/mol. The van der Waals surface area contributed by atoms with Gasteiger partial charge in [-0.15, -0.1) is 24.8 Å². The molecule has 15 heavy (non-hydrogen) atoms. The number of allylic oxidation sites excluding steroid dienone is 8. The van der Waals surface area contributed by atoms with Gasteiger partial charge in [0.05, 0.1) is 0 Å². The van der Waals surface area contributed by atoms with Crippen molar-refractivity contribution in [2.24, 2.45) is 0 Å². The monoisotopic (exact) mass is 337 g/mol. The summed E-state index contributed by atoms with van der Waals surface area (Å²) in [6.45, 7) is 2.31. The standard InChI is InChI=1S/2C5H5.CH3.2ClH.H2Si.Zr/c2*1-2-4-5-3-1;;;;;/h2*1-3H,4H2;1H3;2*1H;1H2;. The van der Waals surface area contributed by atoms with E-state index in [1.807, 2.05) is 0 Å². The zero-order chi connectivity index (χ0) is 9.31. The van der Waals surface area contributed by atoms with E-state index in [1.54, 1.807) is 6.56 Å². The van der Waals surface area contributed by atoms with Crippen molar-refractivity contribution in [1.29, 1.82) is 0 Å². The summed E-state index contributed by atoms with van der Waals surface area (Å²) in [4.78, 5) is 0. The van der Waals surface area contributed by atoms with Gasteiger partial charge in [-0.05, 0) is 0 Å². The van der Waals surface area contributed by atoms with E-state index in [-0.39, 0.29) is 24.8 Å². The Labute approximate surface area is 110 Å². The first-order chi connectivity index (χ1) is 6.21. The van der Waals surface area contributed by atoms with Crippen molar-refractivity contribution < 1.29 is 18.9 Å². The van der Waals surface area contributed by atoms with Crippen LogP contribution in [0.25, 0.3) is 0 Å². The van der Waals surface area contributed by atoms with Gasteiger partial charge in [-0.3, -0.25) is 0 Å². The van der Waals surface area contributed by atoms with Crippen LogP contribution in [-0.2, 0) is 18.9 Å². The molecule has 0 aromatic heterocycles. The number of rotatable bonds is 2. The Kier molecular flexibility index (Phi) is 6.67. The van der Waals surface area contributed by atoms with Gasteiger partial charge in [0.25, 0.3) is 0 Å². The molecule has 2 aliphatic rings. The third kappa shape index (κ3) is 3.30. The van der Waals surface area contributed by atoms with Crippen LogP contribution in [0.1, 0.15) is 12.8 Å². The second kappa shape index (κ2) is 6.39. The van der Waals surface area contributed by atoms with Crippen molar-refractivity contribution in [2.45, 2.75) is 17.5 Å². The van der Waals surface area contributed by atoms with Gasteiger partial charge < -0.3 is 0 Å². The summed E-state index contributed by atoms with van der Waals surface area (Å²) in [6.07, 6.45) is 16.2. The maximum atomic E-state index is 2.55. The Bertz CT molecular complexity index is 357. The van der Waals surface area contributed by atoms with Crippen LogP contribution in [0.4, 0.5) is 0 Å². The molecule has 2 rings (SSSR count). The second-order valence-electron chi connectivity index (χ2n) is 3.98. The van der Waals surface area contributed by atoms with E-state index in [2.05, 4.69) is 48.0 Å². The van der Waals surface area contributed by atoms with Crippen LogP contribution >= 0.6 is 24.8 Å². The summed E-state index contributed by atoms with van der Waals surface area (Å²) in [6, 6.07) is 0. The Morgan fingerprint density at radius 3 is 1.67 bits per heavy atom. The van der Waals surface area contributed by atoms with Gasteiger partial charge in [0.2, 0.25) is 0 Å². The fourth-order valence-corrected chi connectivity index (χ4v) is 11.1. The Morgan fingerprint density at radius 2 is 1.40 bits per heavy atom. The first kappa shape index (κ1) is 15.6. The molecule has 0 N–H and O–H groups in total. The van der Waals surface area contributed by atoms with Crippen LogP contribution in [0.3, 0.4) is 0 Å². The van der Waals surface area contributed by atoms with Gasteiger partial charge >= 0.3 is 86.3 Å². The summed E-state index contributed by atoms with van der Waals surface area (Å²) < 4.78 is 6.08. The predicted molar refractivity (Wildman–Crippen MR) is 72.6 cm³/mol. The third-order valence-corrected chi connectivity index (χ3v) is 17.1. The van der Waals surface area contributed by atoms with Gasteiger partial charge in [-0.25, -0.2) is 0 Å². The summed E-state index contributed by atoms with van der Waals surface area (Å²) in [5.41, 5.74) is 0. The summed E-state index contributed by atoms with van der Waals surface area (Å²) in [7, 11) is 0. The number of hydrogen-bond donors (Lipinski definition) is 0. The first-order valence-electron chi connectivity index (χ1n) is 4.79. The van der Waals surface area contributed by atoms with Crippen molar-refractivity contribution in [3.8, 4) is 0 Å². The fourth-order valence-electron chi connectivity index (χ4n) is 1.92. The minimum atomic E-state index is -1.98. The third-order valence-electron chi connectivity index (χ3n) is 2.96. The Morgan fingerprint density at radius 1 is 1.00 bits per heavy atom. The summed E-state index contributed by atoms with van der Waals surface area (Å²) in [5, 5.41) is 0. The molecule has 0 aromatic carbocycles. The minimum absolute atomic E-state index is 0. The van der Waals surface area contributed by atoms with Crippen molar-refractivity contribution in [2.75, 3.05) is 0 Å². The molecule has 0 heterocycles. The molecule has 0 spiro atoms. The zero-order valence-electron chi connectivity index (χ0n) is 8.90. The molecule has 0 unspecified atom stereocenters. The van der Waals surface area contributed by atoms with Crippen molar-refractivity contribution in [3.63, 3.8) is 0 Å². The van der Waals surface area contributed by atoms with Gasteiger partial charge in [0.1, 0.15) is 0 Å². The van der Waals surface area contributed by atoms with E-state index in [9.17, 15) is 0 Å². The summed E-state index contributed by atoms with van der Waals surface area (Å²) in [5.74, 6) is 0. The Hall–Kier alpha value is 0.640. The van der Waals surface area contributed by atoms with Crippen LogP contribution in [0, 0.1) is 0 Å². The van der Waals surface area contributed by atoms with Crippen LogP contribution in [0.5, 0.6) is 0 Å².